The van der Waals surface area contributed by atoms with Gasteiger partial charge in [0.25, 0.3) is 0 Å². The molecule has 0 radical (unpaired) electrons. The zero-order valence-corrected chi connectivity index (χ0v) is 36.6. The Bertz CT molecular complexity index is 3160. The molecule has 0 bridgehead atoms. The summed E-state index contributed by atoms with van der Waals surface area (Å²) < 4.78 is 0. The van der Waals surface area contributed by atoms with Crippen molar-refractivity contribution in [3.63, 3.8) is 0 Å². The lowest BCUT2D eigenvalue weighted by Crippen LogP contribution is -2.07. The van der Waals surface area contributed by atoms with Crippen LogP contribution in [0.5, 0.6) is 0 Å². The summed E-state index contributed by atoms with van der Waals surface area (Å²) in [6, 6.07) is 84.2. The van der Waals surface area contributed by atoms with Gasteiger partial charge in [-0.15, -0.1) is 10.0 Å². The van der Waals surface area contributed by atoms with Crippen molar-refractivity contribution in [1.82, 2.24) is 0 Å². The molecule has 2 nitrogen and oxygen atoms in total. The van der Waals surface area contributed by atoms with Crippen molar-refractivity contribution in [2.75, 3.05) is 5.32 Å². The van der Waals surface area contributed by atoms with Gasteiger partial charge in [-0.1, -0.05) is 181 Å². The first-order valence-electron chi connectivity index (χ1n) is 21.6. The van der Waals surface area contributed by atoms with E-state index in [-0.39, 0.29) is 0 Å². The number of nitrogens with zero attached hydrogens (tertiary/aromatic N) is 1. The predicted molar refractivity (Wildman–Crippen MR) is 270 cm³/mol. The maximum atomic E-state index is 5.26. The summed E-state index contributed by atoms with van der Waals surface area (Å²) in [5.41, 5.74) is 12.0. The first-order valence-corrected chi connectivity index (χ1v) is 23.2. The van der Waals surface area contributed by atoms with Crippen LogP contribution in [0.2, 0.25) is 0 Å². The molecule has 0 unspecified atom stereocenters. The fourth-order valence-corrected chi connectivity index (χ4v) is 13.3. The highest BCUT2D eigenvalue weighted by molar-refractivity contribution is 8.34. The van der Waals surface area contributed by atoms with Gasteiger partial charge in [0.1, 0.15) is 0 Å². The Balaban J connectivity index is 1.20. The van der Waals surface area contributed by atoms with E-state index < -0.39 is 10.0 Å². The number of anilines is 2. The number of nitrogens with one attached hydrogen (secondary N) is 1. The molecule has 3 heteroatoms. The van der Waals surface area contributed by atoms with Crippen LogP contribution >= 0.6 is 10.0 Å². The molecule has 10 aromatic carbocycles. The summed E-state index contributed by atoms with van der Waals surface area (Å²) in [6.07, 6.45) is 0. The third-order valence-electron chi connectivity index (χ3n) is 12.0. The molecule has 0 spiro atoms. The monoisotopic (exact) mass is 828 g/mol. The van der Waals surface area contributed by atoms with Gasteiger partial charge in [0, 0.05) is 31.0 Å². The van der Waals surface area contributed by atoms with Crippen LogP contribution in [-0.4, -0.2) is 5.71 Å². The van der Waals surface area contributed by atoms with Crippen LogP contribution in [0.1, 0.15) is 23.6 Å². The van der Waals surface area contributed by atoms with E-state index >= 15 is 0 Å². The van der Waals surface area contributed by atoms with Crippen molar-refractivity contribution in [2.45, 2.75) is 40.4 Å². The molecule has 0 aliphatic carbocycles. The van der Waals surface area contributed by atoms with Crippen LogP contribution < -0.4 is 5.32 Å². The van der Waals surface area contributed by atoms with Gasteiger partial charge in [-0.05, 0) is 131 Å². The Labute approximate surface area is 372 Å². The minimum absolute atomic E-state index is 0.886. The zero-order valence-electron chi connectivity index (χ0n) is 35.8. The van der Waals surface area contributed by atoms with Gasteiger partial charge < -0.3 is 5.32 Å². The highest BCUT2D eigenvalue weighted by Gasteiger charge is 2.37. The van der Waals surface area contributed by atoms with Gasteiger partial charge >= 0.3 is 0 Å². The van der Waals surface area contributed by atoms with Crippen LogP contribution in [0.3, 0.4) is 0 Å². The minimum Gasteiger partial charge on any atom is -0.354 e. The van der Waals surface area contributed by atoms with E-state index in [2.05, 4.69) is 251 Å². The van der Waals surface area contributed by atoms with Crippen molar-refractivity contribution in [2.24, 2.45) is 4.99 Å². The van der Waals surface area contributed by atoms with Crippen molar-refractivity contribution in [3.05, 3.63) is 247 Å². The SMILES string of the molecule is CC(=Nc1cc(-c2ccccc2)ccc1Nc1cccc(-c2c3cc(C)ccc3c(S(c3ccccc3)(c3ccccc3)c3ccccc3)c3cc(C)ccc23)c1)c1ccccc1. The topological polar surface area (TPSA) is 24.4 Å². The average Bonchev–Trinajstić information content (AvgIpc) is 3.34. The zero-order chi connectivity index (χ0) is 42.8. The Morgan fingerprint density at radius 2 is 0.937 bits per heavy atom. The number of benzene rings is 10. The fraction of sp³-hybridized carbons (Fsp3) is 0.0500. The van der Waals surface area contributed by atoms with Gasteiger partial charge in [-0.3, -0.25) is 4.99 Å². The smallest absolute Gasteiger partial charge is 0.0874 e. The molecule has 0 aliphatic heterocycles. The number of hydrogen-bond donors (Lipinski definition) is 1. The lowest BCUT2D eigenvalue weighted by Gasteiger charge is -2.43. The molecule has 0 fully saturated rings. The fourth-order valence-electron chi connectivity index (χ4n) is 9.07. The number of fused-ring (bicyclic) bond motifs is 2. The maximum absolute atomic E-state index is 5.26. The molecule has 0 aromatic heterocycles. The van der Waals surface area contributed by atoms with Gasteiger partial charge in [0.2, 0.25) is 0 Å². The molecule has 304 valence electrons. The van der Waals surface area contributed by atoms with Crippen LogP contribution in [-0.2, 0) is 0 Å². The lowest BCUT2D eigenvalue weighted by atomic mass is 9.90. The van der Waals surface area contributed by atoms with Gasteiger partial charge in [-0.2, -0.15) is 0 Å². The molecule has 0 heterocycles. The second-order valence-electron chi connectivity index (χ2n) is 16.2. The number of hydrogen-bond acceptors (Lipinski definition) is 2. The van der Waals surface area contributed by atoms with Gasteiger partial charge in [0.05, 0.1) is 11.4 Å². The van der Waals surface area contributed by atoms with E-state index in [0.717, 1.165) is 45.0 Å². The molecular formula is C60H48N2S. The summed E-state index contributed by atoms with van der Waals surface area (Å²) in [4.78, 5) is 10.6. The number of rotatable bonds is 10. The largest absolute Gasteiger partial charge is 0.354 e. The maximum Gasteiger partial charge on any atom is 0.0874 e. The van der Waals surface area contributed by atoms with Crippen LogP contribution in [0.15, 0.2) is 255 Å². The molecule has 0 aliphatic rings. The van der Waals surface area contributed by atoms with E-state index in [0.29, 0.717) is 0 Å². The summed E-state index contributed by atoms with van der Waals surface area (Å²) >= 11 is 0. The Hall–Kier alpha value is -7.46. The van der Waals surface area contributed by atoms with Crippen LogP contribution in [0.4, 0.5) is 17.1 Å². The van der Waals surface area contributed by atoms with E-state index in [1.165, 1.54) is 57.8 Å². The first kappa shape index (κ1) is 39.7. The summed E-state index contributed by atoms with van der Waals surface area (Å²) in [5, 5.41) is 8.85. The van der Waals surface area contributed by atoms with Gasteiger partial charge in [0.15, 0.2) is 0 Å². The number of aliphatic imine (C=N–C) groups is 1. The van der Waals surface area contributed by atoms with E-state index in [1.54, 1.807) is 0 Å². The highest BCUT2D eigenvalue weighted by atomic mass is 32.3. The molecule has 1 N–H and O–H groups in total. The van der Waals surface area contributed by atoms with Crippen molar-refractivity contribution >= 4 is 54.3 Å². The summed E-state index contributed by atoms with van der Waals surface area (Å²) in [7, 11) is -2.03. The lowest BCUT2D eigenvalue weighted by molar-refractivity contribution is 1.27. The summed E-state index contributed by atoms with van der Waals surface area (Å²) in [6.45, 7) is 6.52. The first-order chi connectivity index (χ1) is 31.0. The molecule has 10 rings (SSSR count). The number of aryl methyl sites for hydroxylation is 2. The second-order valence-corrected chi connectivity index (χ2v) is 19.3. The minimum atomic E-state index is -2.03. The standard InChI is InChI=1S/C60H48N2S/c1-42-33-36-54-55(38-42)59(48-24-19-25-49(40-48)62-57-37-34-47(46-22-11-5-12-23-46)41-58(57)61-44(3)45-20-9-4-10-21-45)53-35-32-43(2)39-56(53)60(54)63(50-26-13-6-14-27-50,51-28-15-7-16-29-51)52-30-17-8-18-31-52/h4-41,62H,1-3H3. The molecule has 0 atom stereocenters. The molecule has 0 amide bonds. The highest BCUT2D eigenvalue weighted by Crippen LogP contribution is 2.76. The van der Waals surface area contributed by atoms with E-state index in [9.17, 15) is 0 Å². The van der Waals surface area contributed by atoms with Crippen LogP contribution in [0.25, 0.3) is 43.8 Å². The van der Waals surface area contributed by atoms with E-state index in [4.69, 9.17) is 4.99 Å². The van der Waals surface area contributed by atoms with E-state index in [1.807, 2.05) is 6.07 Å². The average molecular weight is 829 g/mol. The quantitative estimate of drug-likeness (QED) is 0.108. The summed E-state index contributed by atoms with van der Waals surface area (Å²) in [5.74, 6) is 0. The normalized spacial score (nSPS) is 12.1. The Kier molecular flexibility index (Phi) is 10.8. The molecule has 10 aromatic rings. The Morgan fingerprint density at radius 1 is 0.413 bits per heavy atom. The second kappa shape index (κ2) is 17.1. The molecular weight excluding hydrogens is 781 g/mol. The molecule has 63 heavy (non-hydrogen) atoms. The van der Waals surface area contributed by atoms with Crippen molar-refractivity contribution in [1.29, 1.82) is 0 Å². The third kappa shape index (κ3) is 7.52. The van der Waals surface area contributed by atoms with Crippen LogP contribution in [0, 0.1) is 13.8 Å². The predicted octanol–water partition coefficient (Wildman–Crippen LogP) is 17.2. The molecule has 0 saturated carbocycles. The van der Waals surface area contributed by atoms with Gasteiger partial charge in [-0.25, -0.2) is 0 Å². The van der Waals surface area contributed by atoms with Crippen molar-refractivity contribution < 1.29 is 0 Å². The van der Waals surface area contributed by atoms with Crippen molar-refractivity contribution in [3.8, 4) is 22.3 Å². The third-order valence-corrected chi connectivity index (χ3v) is 16.0. The molecule has 0 saturated heterocycles. The Morgan fingerprint density at radius 3 is 1.54 bits per heavy atom.